The zero-order valence-corrected chi connectivity index (χ0v) is 21.0. The van der Waals surface area contributed by atoms with Crippen molar-refractivity contribution >= 4 is 0 Å². The summed E-state index contributed by atoms with van der Waals surface area (Å²) in [5.74, 6) is 0. The second-order valence-electron chi connectivity index (χ2n) is 8.31. The minimum Gasteiger partial charge on any atom is -0.377 e. The quantitative estimate of drug-likeness (QED) is 0.198. The number of piperidine rings is 2. The molecule has 2 aliphatic heterocycles. The average Bonchev–Trinajstić information content (AvgIpc) is 2.88. The lowest BCUT2D eigenvalue weighted by Gasteiger charge is -2.22. The highest BCUT2D eigenvalue weighted by Crippen LogP contribution is 2.07. The maximum absolute atomic E-state index is 5.78. The predicted octanol–water partition coefficient (Wildman–Crippen LogP) is 0.623. The molecule has 0 aliphatic carbocycles. The SMILES string of the molecule is C1CC(OCCOCCOCCOCCOCCOCCOCCOC2CCNCC2)CCN1. The van der Waals surface area contributed by atoms with Gasteiger partial charge >= 0.3 is 0 Å². The number of rotatable bonds is 23. The highest BCUT2D eigenvalue weighted by molar-refractivity contribution is 4.68. The van der Waals surface area contributed by atoms with E-state index in [4.69, 9.17) is 37.9 Å². The summed E-state index contributed by atoms with van der Waals surface area (Å²) >= 11 is 0. The zero-order valence-electron chi connectivity index (χ0n) is 21.0. The van der Waals surface area contributed by atoms with Crippen molar-refractivity contribution in [3.8, 4) is 0 Å². The van der Waals surface area contributed by atoms with Crippen molar-refractivity contribution in [2.24, 2.45) is 0 Å². The smallest absolute Gasteiger partial charge is 0.0704 e. The summed E-state index contributed by atoms with van der Waals surface area (Å²) in [4.78, 5) is 0. The summed E-state index contributed by atoms with van der Waals surface area (Å²) < 4.78 is 44.5. The molecule has 10 heteroatoms. The van der Waals surface area contributed by atoms with E-state index in [9.17, 15) is 0 Å². The van der Waals surface area contributed by atoms with Crippen LogP contribution in [-0.4, -0.2) is 131 Å². The van der Waals surface area contributed by atoms with Gasteiger partial charge in [0.05, 0.1) is 105 Å². The Bertz CT molecular complexity index is 386. The molecule has 0 bridgehead atoms. The fourth-order valence-electron chi connectivity index (χ4n) is 3.67. The average molecular weight is 493 g/mol. The van der Waals surface area contributed by atoms with Gasteiger partial charge in [-0.05, 0) is 51.9 Å². The van der Waals surface area contributed by atoms with E-state index < -0.39 is 0 Å². The molecule has 10 nitrogen and oxygen atoms in total. The molecule has 2 fully saturated rings. The molecule has 0 unspecified atom stereocenters. The van der Waals surface area contributed by atoms with E-state index in [2.05, 4.69) is 10.6 Å². The van der Waals surface area contributed by atoms with E-state index in [1.54, 1.807) is 0 Å². The molecule has 0 aromatic carbocycles. The predicted molar refractivity (Wildman–Crippen MR) is 129 cm³/mol. The van der Waals surface area contributed by atoms with E-state index in [1.165, 1.54) is 0 Å². The first-order chi connectivity index (χ1) is 16.9. The summed E-state index contributed by atoms with van der Waals surface area (Å²) in [6.07, 6.45) is 5.13. The molecule has 0 spiro atoms. The molecule has 34 heavy (non-hydrogen) atoms. The van der Waals surface area contributed by atoms with Crippen molar-refractivity contribution < 1.29 is 37.9 Å². The van der Waals surface area contributed by atoms with Gasteiger partial charge in [-0.1, -0.05) is 0 Å². The third-order valence-electron chi connectivity index (χ3n) is 5.59. The Balaban J connectivity index is 1.16. The van der Waals surface area contributed by atoms with E-state index in [0.717, 1.165) is 51.9 Å². The molecule has 0 aromatic rings. The van der Waals surface area contributed by atoms with Crippen molar-refractivity contribution in [2.75, 3.05) is 119 Å². The Kier molecular flexibility index (Phi) is 20.2. The summed E-state index contributed by atoms with van der Waals surface area (Å²) in [6, 6.07) is 0. The lowest BCUT2D eigenvalue weighted by atomic mass is 10.1. The van der Waals surface area contributed by atoms with Gasteiger partial charge in [0.1, 0.15) is 0 Å². The molecule has 202 valence electrons. The van der Waals surface area contributed by atoms with E-state index in [0.29, 0.717) is 105 Å². The molecule has 2 saturated heterocycles. The highest BCUT2D eigenvalue weighted by atomic mass is 16.6. The largest absolute Gasteiger partial charge is 0.377 e. The van der Waals surface area contributed by atoms with Crippen LogP contribution in [0.25, 0.3) is 0 Å². The number of nitrogens with one attached hydrogen (secondary N) is 2. The van der Waals surface area contributed by atoms with Crippen LogP contribution in [0.4, 0.5) is 0 Å². The normalized spacial score (nSPS) is 18.0. The Morgan fingerprint density at radius 3 is 0.853 bits per heavy atom. The summed E-state index contributed by atoms with van der Waals surface area (Å²) in [7, 11) is 0. The number of hydrogen-bond acceptors (Lipinski definition) is 10. The van der Waals surface area contributed by atoms with Gasteiger partial charge in [-0.25, -0.2) is 0 Å². The van der Waals surface area contributed by atoms with Gasteiger partial charge in [-0.2, -0.15) is 0 Å². The molecule has 0 radical (unpaired) electrons. The van der Waals surface area contributed by atoms with Crippen LogP contribution >= 0.6 is 0 Å². The second-order valence-corrected chi connectivity index (χ2v) is 8.31. The topological polar surface area (TPSA) is 97.9 Å². The van der Waals surface area contributed by atoms with Crippen LogP contribution in [0.15, 0.2) is 0 Å². The minimum absolute atomic E-state index is 0.383. The third-order valence-corrected chi connectivity index (χ3v) is 5.59. The van der Waals surface area contributed by atoms with E-state index in [-0.39, 0.29) is 0 Å². The lowest BCUT2D eigenvalue weighted by Crippen LogP contribution is -2.33. The van der Waals surface area contributed by atoms with E-state index >= 15 is 0 Å². The van der Waals surface area contributed by atoms with Crippen molar-refractivity contribution in [1.29, 1.82) is 0 Å². The number of hydrogen-bond donors (Lipinski definition) is 2. The van der Waals surface area contributed by atoms with Crippen LogP contribution in [0.5, 0.6) is 0 Å². The first kappa shape index (κ1) is 29.8. The molecule has 2 heterocycles. The third kappa shape index (κ3) is 18.0. The van der Waals surface area contributed by atoms with Gasteiger partial charge in [-0.15, -0.1) is 0 Å². The van der Waals surface area contributed by atoms with Crippen LogP contribution in [0.2, 0.25) is 0 Å². The van der Waals surface area contributed by atoms with Crippen molar-refractivity contribution in [2.45, 2.75) is 37.9 Å². The van der Waals surface area contributed by atoms with Crippen LogP contribution in [0, 0.1) is 0 Å². The standard InChI is InChI=1S/C24H48N2O8/c1-5-25-6-2-23(1)33-21-19-31-17-15-29-13-11-27-9-10-28-12-14-30-16-18-32-20-22-34-24-3-7-26-8-4-24/h23-26H,1-22H2. The molecular weight excluding hydrogens is 444 g/mol. The van der Waals surface area contributed by atoms with Gasteiger partial charge in [0.25, 0.3) is 0 Å². The van der Waals surface area contributed by atoms with Crippen LogP contribution in [0.1, 0.15) is 25.7 Å². The lowest BCUT2D eigenvalue weighted by molar-refractivity contribution is -0.0343. The van der Waals surface area contributed by atoms with E-state index in [1.807, 2.05) is 0 Å². The molecule has 2 rings (SSSR count). The number of ether oxygens (including phenoxy) is 8. The molecular formula is C24H48N2O8. The maximum Gasteiger partial charge on any atom is 0.0704 e. The molecule has 0 atom stereocenters. The second kappa shape index (κ2) is 23.0. The molecule has 0 aromatic heterocycles. The van der Waals surface area contributed by atoms with Crippen molar-refractivity contribution in [3.63, 3.8) is 0 Å². The monoisotopic (exact) mass is 492 g/mol. The summed E-state index contributed by atoms with van der Waals surface area (Å²) in [6.45, 7) is 12.4. The summed E-state index contributed by atoms with van der Waals surface area (Å²) in [5, 5.41) is 6.66. The molecule has 0 saturated carbocycles. The van der Waals surface area contributed by atoms with Crippen LogP contribution < -0.4 is 10.6 Å². The Morgan fingerprint density at radius 2 is 0.588 bits per heavy atom. The molecule has 2 aliphatic rings. The van der Waals surface area contributed by atoms with Crippen LogP contribution in [-0.2, 0) is 37.9 Å². The van der Waals surface area contributed by atoms with Gasteiger partial charge in [0, 0.05) is 0 Å². The van der Waals surface area contributed by atoms with Crippen molar-refractivity contribution in [1.82, 2.24) is 10.6 Å². The first-order valence-electron chi connectivity index (χ1n) is 13.1. The fraction of sp³-hybridized carbons (Fsp3) is 1.00. The zero-order chi connectivity index (χ0) is 23.8. The summed E-state index contributed by atoms with van der Waals surface area (Å²) in [5.41, 5.74) is 0. The van der Waals surface area contributed by atoms with Gasteiger partial charge in [0.15, 0.2) is 0 Å². The van der Waals surface area contributed by atoms with Crippen LogP contribution in [0.3, 0.4) is 0 Å². The Hall–Kier alpha value is -0.400. The molecule has 0 amide bonds. The van der Waals surface area contributed by atoms with Gasteiger partial charge in [-0.3, -0.25) is 0 Å². The minimum atomic E-state index is 0.383. The molecule has 2 N–H and O–H groups in total. The highest BCUT2D eigenvalue weighted by Gasteiger charge is 2.13. The maximum atomic E-state index is 5.78. The fourth-order valence-corrected chi connectivity index (χ4v) is 3.67. The Labute approximate surface area is 205 Å². The van der Waals surface area contributed by atoms with Gasteiger partial charge in [0.2, 0.25) is 0 Å². The van der Waals surface area contributed by atoms with Gasteiger partial charge < -0.3 is 48.5 Å². The Morgan fingerprint density at radius 1 is 0.353 bits per heavy atom. The first-order valence-corrected chi connectivity index (χ1v) is 13.1. The van der Waals surface area contributed by atoms with Crippen molar-refractivity contribution in [3.05, 3.63) is 0 Å².